The van der Waals surface area contributed by atoms with Gasteiger partial charge in [-0.1, -0.05) is 24.3 Å². The van der Waals surface area contributed by atoms with Crippen LogP contribution in [0.25, 0.3) is 6.08 Å². The highest BCUT2D eigenvalue weighted by molar-refractivity contribution is 5.26. The molecule has 1 aliphatic rings. The standard InChI is InChI=1S/C8H8N2/c1-2-4-8-7(3-1)5-6-9-10-8/h1-5,9H,6H2. The van der Waals surface area contributed by atoms with E-state index in [0.29, 0.717) is 0 Å². The van der Waals surface area contributed by atoms with Crippen LogP contribution in [0.5, 0.6) is 0 Å². The molecule has 0 aromatic heterocycles. The molecule has 2 rings (SSSR count). The number of fused-ring (bicyclic) bond motifs is 1. The Morgan fingerprint density at radius 1 is 1.30 bits per heavy atom. The van der Waals surface area contributed by atoms with E-state index >= 15 is 0 Å². The molecule has 0 saturated carbocycles. The highest BCUT2D eigenvalue weighted by atomic mass is 15.3. The molecule has 10 heavy (non-hydrogen) atoms. The van der Waals surface area contributed by atoms with Crippen LogP contribution in [0.3, 0.4) is 0 Å². The third-order valence-corrected chi connectivity index (χ3v) is 1.55. The molecule has 0 aliphatic carbocycles. The summed E-state index contributed by atoms with van der Waals surface area (Å²) in [7, 11) is 0. The highest BCUT2D eigenvalue weighted by Crippen LogP contribution is 1.74. The maximum atomic E-state index is 4.11. The summed E-state index contributed by atoms with van der Waals surface area (Å²) in [6, 6.07) is 8.08. The van der Waals surface area contributed by atoms with Crippen LogP contribution in [0.2, 0.25) is 0 Å². The number of hydrogen-bond donors (Lipinski definition) is 1. The SMILES string of the molecule is C1=c2ccccc2=NNC1. The second kappa shape index (κ2) is 2.14. The van der Waals surface area contributed by atoms with Crippen LogP contribution in [0.1, 0.15) is 0 Å². The molecule has 1 heterocycles. The fourth-order valence-electron chi connectivity index (χ4n) is 1.05. The van der Waals surface area contributed by atoms with Crippen molar-refractivity contribution in [2.24, 2.45) is 5.10 Å². The Kier molecular flexibility index (Phi) is 1.17. The molecule has 0 atom stereocenters. The molecule has 1 N–H and O–H groups in total. The lowest BCUT2D eigenvalue weighted by molar-refractivity contribution is 0.790. The first kappa shape index (κ1) is 5.47. The lowest BCUT2D eigenvalue weighted by Gasteiger charge is -1.99. The fourth-order valence-corrected chi connectivity index (χ4v) is 1.05. The molecule has 0 fully saturated rings. The third-order valence-electron chi connectivity index (χ3n) is 1.55. The van der Waals surface area contributed by atoms with E-state index in [1.54, 1.807) is 0 Å². The summed E-state index contributed by atoms with van der Waals surface area (Å²) in [6.07, 6.45) is 2.13. The van der Waals surface area contributed by atoms with Crippen LogP contribution in [-0.4, -0.2) is 6.54 Å². The van der Waals surface area contributed by atoms with Crippen LogP contribution < -0.4 is 16.0 Å². The minimum Gasteiger partial charge on any atom is -0.306 e. The second-order valence-electron chi connectivity index (χ2n) is 2.24. The number of rotatable bonds is 0. The summed E-state index contributed by atoms with van der Waals surface area (Å²) in [5, 5.41) is 6.37. The van der Waals surface area contributed by atoms with E-state index in [4.69, 9.17) is 0 Å². The molecule has 1 aliphatic heterocycles. The van der Waals surface area contributed by atoms with Gasteiger partial charge >= 0.3 is 0 Å². The Hall–Kier alpha value is -1.31. The summed E-state index contributed by atoms with van der Waals surface area (Å²) >= 11 is 0. The summed E-state index contributed by atoms with van der Waals surface area (Å²) in [5.74, 6) is 0. The Balaban J connectivity index is 2.84. The van der Waals surface area contributed by atoms with Crippen molar-refractivity contribution in [1.29, 1.82) is 0 Å². The zero-order chi connectivity index (χ0) is 6.81. The first-order chi connectivity index (χ1) is 4.97. The second-order valence-corrected chi connectivity index (χ2v) is 2.24. The molecular weight excluding hydrogens is 124 g/mol. The predicted molar refractivity (Wildman–Crippen MR) is 39.7 cm³/mol. The van der Waals surface area contributed by atoms with E-state index in [0.717, 1.165) is 11.9 Å². The fraction of sp³-hybridized carbons (Fsp3) is 0.125. The Labute approximate surface area is 58.9 Å². The van der Waals surface area contributed by atoms with Crippen LogP contribution in [0.4, 0.5) is 0 Å². The normalized spacial score (nSPS) is 14.0. The molecule has 0 saturated heterocycles. The van der Waals surface area contributed by atoms with Gasteiger partial charge < -0.3 is 5.43 Å². The molecule has 1 aromatic carbocycles. The number of nitrogens with one attached hydrogen (secondary N) is 1. The van der Waals surface area contributed by atoms with Gasteiger partial charge in [0.05, 0.1) is 11.9 Å². The molecule has 0 bridgehead atoms. The molecule has 0 unspecified atom stereocenters. The molecule has 0 amide bonds. The molecular formula is C8H8N2. The Bertz CT molecular complexity index is 306. The van der Waals surface area contributed by atoms with Gasteiger partial charge in [0.15, 0.2) is 0 Å². The van der Waals surface area contributed by atoms with E-state index in [-0.39, 0.29) is 0 Å². The first-order valence-electron chi connectivity index (χ1n) is 3.33. The van der Waals surface area contributed by atoms with Gasteiger partial charge in [0.25, 0.3) is 0 Å². The monoisotopic (exact) mass is 132 g/mol. The smallest absolute Gasteiger partial charge is 0.0899 e. The lowest BCUT2D eigenvalue weighted by atomic mass is 10.2. The van der Waals surface area contributed by atoms with Crippen LogP contribution in [-0.2, 0) is 0 Å². The third kappa shape index (κ3) is 0.778. The highest BCUT2D eigenvalue weighted by Gasteiger charge is 1.88. The number of nitrogens with zero attached hydrogens (tertiary/aromatic N) is 1. The van der Waals surface area contributed by atoms with Crippen molar-refractivity contribution in [1.82, 2.24) is 5.43 Å². The van der Waals surface area contributed by atoms with Crippen molar-refractivity contribution in [3.05, 3.63) is 34.8 Å². The predicted octanol–water partition coefficient (Wildman–Crippen LogP) is -0.395. The molecule has 0 radical (unpaired) electrons. The molecule has 1 aromatic rings. The summed E-state index contributed by atoms with van der Waals surface area (Å²) in [4.78, 5) is 0. The molecule has 2 heteroatoms. The van der Waals surface area contributed by atoms with E-state index in [2.05, 4.69) is 22.7 Å². The van der Waals surface area contributed by atoms with Gasteiger partial charge in [-0.2, -0.15) is 5.10 Å². The average molecular weight is 132 g/mol. The Morgan fingerprint density at radius 3 is 3.10 bits per heavy atom. The maximum absolute atomic E-state index is 4.11. The van der Waals surface area contributed by atoms with Gasteiger partial charge in [0.2, 0.25) is 0 Å². The van der Waals surface area contributed by atoms with Gasteiger partial charge in [-0.15, -0.1) is 0 Å². The number of benzene rings is 1. The quantitative estimate of drug-likeness (QED) is 0.510. The van der Waals surface area contributed by atoms with E-state index < -0.39 is 0 Å². The van der Waals surface area contributed by atoms with E-state index in [1.165, 1.54) is 5.22 Å². The van der Waals surface area contributed by atoms with E-state index in [9.17, 15) is 0 Å². The van der Waals surface area contributed by atoms with Crippen molar-refractivity contribution in [2.75, 3.05) is 6.54 Å². The number of hydrogen-bond acceptors (Lipinski definition) is 2. The molecule has 0 spiro atoms. The lowest BCUT2D eigenvalue weighted by Crippen LogP contribution is -2.32. The van der Waals surface area contributed by atoms with Crippen molar-refractivity contribution in [3.63, 3.8) is 0 Å². The van der Waals surface area contributed by atoms with Crippen molar-refractivity contribution >= 4 is 6.08 Å². The minimum absolute atomic E-state index is 0.844. The van der Waals surface area contributed by atoms with Gasteiger partial charge in [-0.25, -0.2) is 0 Å². The van der Waals surface area contributed by atoms with Crippen LogP contribution in [0, 0.1) is 0 Å². The minimum atomic E-state index is 0.844. The van der Waals surface area contributed by atoms with Gasteiger partial charge in [-0.3, -0.25) is 0 Å². The van der Waals surface area contributed by atoms with Crippen LogP contribution >= 0.6 is 0 Å². The van der Waals surface area contributed by atoms with Crippen molar-refractivity contribution in [2.45, 2.75) is 0 Å². The zero-order valence-electron chi connectivity index (χ0n) is 5.54. The van der Waals surface area contributed by atoms with Crippen molar-refractivity contribution < 1.29 is 0 Å². The largest absolute Gasteiger partial charge is 0.306 e. The van der Waals surface area contributed by atoms with Gasteiger partial charge in [0, 0.05) is 0 Å². The zero-order valence-corrected chi connectivity index (χ0v) is 5.54. The average Bonchev–Trinajstić information content (AvgIpc) is 2.05. The van der Waals surface area contributed by atoms with Crippen molar-refractivity contribution in [3.8, 4) is 0 Å². The van der Waals surface area contributed by atoms with Gasteiger partial charge in [-0.05, 0) is 11.3 Å². The summed E-state index contributed by atoms with van der Waals surface area (Å²) in [6.45, 7) is 0.844. The topological polar surface area (TPSA) is 24.4 Å². The van der Waals surface area contributed by atoms with Gasteiger partial charge in [0.1, 0.15) is 0 Å². The number of para-hydroxylation sites is 1. The summed E-state index contributed by atoms with van der Waals surface area (Å²) < 4.78 is 0. The Morgan fingerprint density at radius 2 is 2.20 bits per heavy atom. The summed E-state index contributed by atoms with van der Waals surface area (Å²) in [5.41, 5.74) is 2.91. The molecule has 2 nitrogen and oxygen atoms in total. The maximum Gasteiger partial charge on any atom is 0.0899 e. The molecule has 50 valence electrons. The van der Waals surface area contributed by atoms with E-state index in [1.807, 2.05) is 18.2 Å². The first-order valence-corrected chi connectivity index (χ1v) is 3.33. The van der Waals surface area contributed by atoms with Crippen LogP contribution in [0.15, 0.2) is 29.4 Å².